The van der Waals surface area contributed by atoms with Crippen molar-refractivity contribution in [1.82, 2.24) is 9.30 Å². The van der Waals surface area contributed by atoms with Gasteiger partial charge in [0.2, 0.25) is 0 Å². The highest BCUT2D eigenvalue weighted by atomic mass is 35.5. The molecule has 1 saturated carbocycles. The second-order valence-corrected chi connectivity index (χ2v) is 9.82. The third-order valence-corrected chi connectivity index (χ3v) is 7.52. The number of esters is 1. The van der Waals surface area contributed by atoms with Gasteiger partial charge in [0.05, 0.1) is 12.1 Å². The van der Waals surface area contributed by atoms with Crippen LogP contribution in [0, 0.1) is 6.92 Å². The average Bonchev–Trinajstić information content (AvgIpc) is 3.48. The fraction of sp³-hybridized carbons (Fsp3) is 0.417. The van der Waals surface area contributed by atoms with Gasteiger partial charge in [-0.15, -0.1) is 36.2 Å². The molecule has 9 heteroatoms. The second-order valence-electron chi connectivity index (χ2n) is 8.68. The van der Waals surface area contributed by atoms with Crippen LogP contribution in [-0.4, -0.2) is 35.5 Å². The normalized spacial score (nSPS) is 17.8. The number of nitrogens with two attached hydrogens (primary N) is 1. The maximum Gasteiger partial charge on any atom is 0.343 e. The number of pyridine rings is 2. The van der Waals surface area contributed by atoms with Gasteiger partial charge in [0.1, 0.15) is 5.56 Å². The Morgan fingerprint density at radius 1 is 1.24 bits per heavy atom. The summed E-state index contributed by atoms with van der Waals surface area (Å²) in [6, 6.07) is 6.01. The number of carbonyl (C=O) groups excluding carboxylic acids is 1. The zero-order valence-corrected chi connectivity index (χ0v) is 21.4. The molecule has 1 atom stereocenters. The number of aromatic nitrogens is 1. The number of carbonyl (C=O) groups is 1. The monoisotopic (exact) mass is 509 g/mol. The number of ether oxygens (including phenoxy) is 1. The topological polar surface area (TPSA) is 77.0 Å². The number of likely N-dealkylation sites (N-methyl/N-ethyl adjacent to an activating group) is 1. The molecule has 0 radical (unpaired) electrons. The first-order valence-corrected chi connectivity index (χ1v) is 11.6. The van der Waals surface area contributed by atoms with Crippen molar-refractivity contribution in [3.05, 3.63) is 61.9 Å². The Kier molecular flexibility index (Phi) is 7.61. The molecule has 0 bridgehead atoms. The van der Waals surface area contributed by atoms with Crippen LogP contribution in [0.1, 0.15) is 63.7 Å². The average molecular weight is 510 g/mol. The maximum absolute atomic E-state index is 13.1. The van der Waals surface area contributed by atoms with Gasteiger partial charge >= 0.3 is 5.97 Å². The number of rotatable bonds is 4. The molecule has 1 unspecified atom stereocenters. The number of hydrogen-bond acceptors (Lipinski definition) is 6. The molecule has 3 aromatic heterocycles. The Hall–Kier alpha value is -1.90. The molecule has 1 aliphatic carbocycles. The third kappa shape index (κ3) is 4.45. The minimum Gasteiger partial charge on any atom is -0.462 e. The van der Waals surface area contributed by atoms with E-state index in [0.717, 1.165) is 48.1 Å². The van der Waals surface area contributed by atoms with Crippen LogP contribution in [0.5, 0.6) is 0 Å². The van der Waals surface area contributed by atoms with Crippen molar-refractivity contribution in [2.75, 3.05) is 20.2 Å². The zero-order valence-electron chi connectivity index (χ0n) is 18.9. The quantitative estimate of drug-likeness (QED) is 0.516. The van der Waals surface area contributed by atoms with Gasteiger partial charge in [-0.05, 0) is 80.1 Å². The fourth-order valence-electron chi connectivity index (χ4n) is 4.68. The van der Waals surface area contributed by atoms with E-state index < -0.39 is 5.97 Å². The van der Waals surface area contributed by atoms with Crippen LogP contribution in [0.2, 0.25) is 0 Å². The lowest BCUT2D eigenvalue weighted by molar-refractivity contribution is 0.0524. The molecule has 0 amide bonds. The lowest BCUT2D eigenvalue weighted by Crippen LogP contribution is -2.33. The van der Waals surface area contributed by atoms with Gasteiger partial charge in [-0.25, -0.2) is 4.79 Å². The van der Waals surface area contributed by atoms with E-state index in [-0.39, 0.29) is 48.6 Å². The predicted octanol–water partition coefficient (Wildman–Crippen LogP) is 4.68. The first-order chi connectivity index (χ1) is 14.9. The summed E-state index contributed by atoms with van der Waals surface area (Å²) in [4.78, 5) is 30.3. The molecule has 5 rings (SSSR count). The molecular weight excluding hydrogens is 481 g/mol. The van der Waals surface area contributed by atoms with Crippen LogP contribution in [0.15, 0.2) is 29.2 Å². The van der Waals surface area contributed by atoms with Crippen LogP contribution in [-0.2, 0) is 11.3 Å². The van der Waals surface area contributed by atoms with E-state index in [1.165, 1.54) is 15.3 Å². The molecule has 0 spiro atoms. The smallest absolute Gasteiger partial charge is 0.343 e. The van der Waals surface area contributed by atoms with E-state index in [4.69, 9.17) is 10.5 Å². The molecule has 33 heavy (non-hydrogen) atoms. The van der Waals surface area contributed by atoms with Gasteiger partial charge in [0, 0.05) is 35.1 Å². The second kappa shape index (κ2) is 9.76. The maximum atomic E-state index is 13.1. The molecule has 2 N–H and O–H groups in total. The van der Waals surface area contributed by atoms with Crippen molar-refractivity contribution < 1.29 is 9.53 Å². The summed E-state index contributed by atoms with van der Waals surface area (Å²) in [6.07, 6.45) is 3.96. The summed E-state index contributed by atoms with van der Waals surface area (Å²) < 4.78 is 6.77. The summed E-state index contributed by atoms with van der Waals surface area (Å²) in [5.74, 6) is -0.161. The highest BCUT2D eigenvalue weighted by Gasteiger charge is 2.30. The molecule has 3 aromatic rings. The molecule has 2 aliphatic rings. The van der Waals surface area contributed by atoms with Crippen molar-refractivity contribution in [2.24, 2.45) is 5.73 Å². The van der Waals surface area contributed by atoms with Gasteiger partial charge in [-0.1, -0.05) is 0 Å². The van der Waals surface area contributed by atoms with Crippen molar-refractivity contribution in [2.45, 2.75) is 45.2 Å². The van der Waals surface area contributed by atoms with E-state index in [0.29, 0.717) is 5.92 Å². The Bertz CT molecular complexity index is 1270. The van der Waals surface area contributed by atoms with Crippen molar-refractivity contribution >= 4 is 47.6 Å². The molecule has 6 nitrogen and oxygen atoms in total. The van der Waals surface area contributed by atoms with Crippen LogP contribution < -0.4 is 11.3 Å². The van der Waals surface area contributed by atoms with Gasteiger partial charge in [-0.3, -0.25) is 14.1 Å². The standard InChI is InChI=1S/C24H27N3O3S.2ClH/c1-4-30-24(29)18-9-16(14-5-6-14)22-13(2)15(7-8-27(22)23(18)28)20-10-17-19(25)11-26(3)12-21(17)31-20;;/h7-10,14,19H,4-6,11-12,25H2,1-3H3;2*1H. The van der Waals surface area contributed by atoms with Crippen molar-refractivity contribution in [3.8, 4) is 10.4 Å². The Balaban J connectivity index is 0.00000153. The molecule has 1 aliphatic heterocycles. The molecule has 178 valence electrons. The summed E-state index contributed by atoms with van der Waals surface area (Å²) in [5, 5.41) is 0. The van der Waals surface area contributed by atoms with Gasteiger partial charge in [0.25, 0.3) is 5.56 Å². The predicted molar refractivity (Wildman–Crippen MR) is 137 cm³/mol. The zero-order chi connectivity index (χ0) is 21.9. The van der Waals surface area contributed by atoms with Gasteiger partial charge in [-0.2, -0.15) is 0 Å². The first-order valence-electron chi connectivity index (χ1n) is 10.8. The highest BCUT2D eigenvalue weighted by Crippen LogP contribution is 2.44. The summed E-state index contributed by atoms with van der Waals surface area (Å²) in [5.41, 5.74) is 11.6. The van der Waals surface area contributed by atoms with Crippen LogP contribution in [0.4, 0.5) is 0 Å². The number of hydrogen-bond donors (Lipinski definition) is 1. The largest absolute Gasteiger partial charge is 0.462 e. The van der Waals surface area contributed by atoms with E-state index >= 15 is 0 Å². The van der Waals surface area contributed by atoms with Crippen LogP contribution in [0.25, 0.3) is 16.0 Å². The van der Waals surface area contributed by atoms with E-state index in [2.05, 4.69) is 24.9 Å². The third-order valence-electron chi connectivity index (χ3n) is 6.35. The number of fused-ring (bicyclic) bond motifs is 2. The van der Waals surface area contributed by atoms with Crippen molar-refractivity contribution in [1.29, 1.82) is 0 Å². The van der Waals surface area contributed by atoms with Gasteiger partial charge in [0.15, 0.2) is 0 Å². The molecule has 0 aromatic carbocycles. The molecule has 1 fully saturated rings. The Labute approximate surface area is 209 Å². The molecule has 4 heterocycles. The fourth-order valence-corrected chi connectivity index (χ4v) is 6.08. The van der Waals surface area contributed by atoms with Crippen LogP contribution >= 0.6 is 36.2 Å². The summed E-state index contributed by atoms with van der Waals surface area (Å²) in [7, 11) is 2.10. The number of nitrogens with zero attached hydrogens (tertiary/aromatic N) is 2. The summed E-state index contributed by atoms with van der Waals surface area (Å²) in [6.45, 7) is 5.84. The minimum absolute atomic E-state index is 0. The van der Waals surface area contributed by atoms with Crippen molar-refractivity contribution in [3.63, 3.8) is 0 Å². The number of halogens is 2. The van der Waals surface area contributed by atoms with E-state index in [1.54, 1.807) is 34.9 Å². The minimum atomic E-state index is -0.547. The highest BCUT2D eigenvalue weighted by molar-refractivity contribution is 7.15. The summed E-state index contributed by atoms with van der Waals surface area (Å²) >= 11 is 1.78. The van der Waals surface area contributed by atoms with E-state index in [9.17, 15) is 9.59 Å². The first kappa shape index (κ1) is 25.7. The number of aryl methyl sites for hydroxylation is 1. The molecular formula is C24H29Cl2N3O3S. The number of thiophene rings is 1. The SMILES string of the molecule is CCOC(=O)c1cc(C2CC2)c2c(C)c(-c3cc4c(s3)CN(C)CC4N)ccn2c1=O.Cl.Cl. The molecule has 0 saturated heterocycles. The van der Waals surface area contributed by atoms with E-state index in [1.807, 2.05) is 6.07 Å². The van der Waals surface area contributed by atoms with Gasteiger partial charge < -0.3 is 10.5 Å². The van der Waals surface area contributed by atoms with Crippen LogP contribution in [0.3, 0.4) is 0 Å². The Morgan fingerprint density at radius 2 is 1.97 bits per heavy atom. The lowest BCUT2D eigenvalue weighted by atomic mass is 9.98. The lowest BCUT2D eigenvalue weighted by Gasteiger charge is -2.27. The Morgan fingerprint density at radius 3 is 2.64 bits per heavy atom.